The first-order chi connectivity index (χ1) is 8.49. The zero-order chi connectivity index (χ0) is 13.6. The summed E-state index contributed by atoms with van der Waals surface area (Å²) in [6.07, 6.45) is 5.95. The fourth-order valence-corrected chi connectivity index (χ4v) is 2.71. The maximum absolute atomic E-state index is 12.0. The van der Waals surface area contributed by atoms with Crippen LogP contribution in [0.5, 0.6) is 0 Å². The molecule has 1 atom stereocenters. The van der Waals surface area contributed by atoms with E-state index in [0.29, 0.717) is 12.8 Å². The van der Waals surface area contributed by atoms with E-state index in [-0.39, 0.29) is 11.5 Å². The van der Waals surface area contributed by atoms with Crippen molar-refractivity contribution >= 4 is 10.0 Å². The molecule has 1 rings (SSSR count). The monoisotopic (exact) mass is 267 g/mol. The summed E-state index contributed by atoms with van der Waals surface area (Å²) in [6, 6.07) is 5.97. The molecule has 0 amide bonds. The number of nitrogens with one attached hydrogen (secondary N) is 1. The maximum atomic E-state index is 12.0. The summed E-state index contributed by atoms with van der Waals surface area (Å²) in [6.45, 7) is 1.61. The van der Waals surface area contributed by atoms with Crippen LogP contribution < -0.4 is 4.72 Å². The summed E-state index contributed by atoms with van der Waals surface area (Å²) in [5.41, 5.74) is 0.986. The van der Waals surface area contributed by atoms with Gasteiger partial charge in [0, 0.05) is 12.5 Å². The van der Waals surface area contributed by atoms with E-state index in [1.54, 1.807) is 12.1 Å². The second-order valence-electron chi connectivity index (χ2n) is 4.06. The Kier molecular flexibility index (Phi) is 5.35. The molecule has 0 saturated heterocycles. The van der Waals surface area contributed by atoms with Gasteiger partial charge in [-0.1, -0.05) is 17.7 Å². The van der Waals surface area contributed by atoms with Crippen LogP contribution in [-0.2, 0) is 10.0 Å². The van der Waals surface area contributed by atoms with Crippen molar-refractivity contribution in [3.8, 4) is 12.3 Å². The van der Waals surface area contributed by atoms with Crippen LogP contribution in [0.1, 0.15) is 18.4 Å². The van der Waals surface area contributed by atoms with Crippen LogP contribution in [0.2, 0.25) is 0 Å². The number of rotatable bonds is 6. The normalized spacial score (nSPS) is 12.9. The van der Waals surface area contributed by atoms with Gasteiger partial charge in [-0.3, -0.25) is 0 Å². The number of aliphatic hydroxyl groups is 1. The van der Waals surface area contributed by atoms with Crippen molar-refractivity contribution in [2.45, 2.75) is 30.7 Å². The number of terminal acetylenes is 1. The van der Waals surface area contributed by atoms with E-state index in [9.17, 15) is 8.42 Å². The van der Waals surface area contributed by atoms with Crippen molar-refractivity contribution in [3.63, 3.8) is 0 Å². The predicted molar refractivity (Wildman–Crippen MR) is 70.4 cm³/mol. The highest BCUT2D eigenvalue weighted by Crippen LogP contribution is 2.11. The molecule has 0 spiro atoms. The van der Waals surface area contributed by atoms with Crippen molar-refractivity contribution in [3.05, 3.63) is 29.8 Å². The average Bonchev–Trinajstić information content (AvgIpc) is 2.35. The summed E-state index contributed by atoms with van der Waals surface area (Å²) < 4.78 is 26.4. The van der Waals surface area contributed by atoms with Crippen LogP contribution >= 0.6 is 0 Å². The maximum Gasteiger partial charge on any atom is 0.240 e. The SMILES string of the molecule is C#CCC[C@@H](CO)NS(=O)(=O)c1ccc(C)cc1. The highest BCUT2D eigenvalue weighted by Gasteiger charge is 2.18. The van der Waals surface area contributed by atoms with Crippen LogP contribution in [0, 0.1) is 19.3 Å². The van der Waals surface area contributed by atoms with Gasteiger partial charge in [0.15, 0.2) is 0 Å². The molecule has 0 unspecified atom stereocenters. The molecule has 0 bridgehead atoms. The van der Waals surface area contributed by atoms with E-state index in [1.807, 2.05) is 6.92 Å². The first kappa shape index (κ1) is 14.7. The molecule has 2 N–H and O–H groups in total. The summed E-state index contributed by atoms with van der Waals surface area (Å²) in [5.74, 6) is 2.42. The van der Waals surface area contributed by atoms with Crippen molar-refractivity contribution in [2.24, 2.45) is 0 Å². The van der Waals surface area contributed by atoms with Gasteiger partial charge in [-0.2, -0.15) is 0 Å². The Hall–Kier alpha value is -1.35. The Morgan fingerprint density at radius 1 is 1.39 bits per heavy atom. The molecule has 0 aliphatic heterocycles. The molecule has 0 aromatic heterocycles. The third-order valence-electron chi connectivity index (χ3n) is 2.51. The van der Waals surface area contributed by atoms with Crippen LogP contribution in [0.3, 0.4) is 0 Å². The van der Waals surface area contributed by atoms with Gasteiger partial charge in [0.25, 0.3) is 0 Å². The number of sulfonamides is 1. The first-order valence-electron chi connectivity index (χ1n) is 5.63. The van der Waals surface area contributed by atoms with Gasteiger partial charge < -0.3 is 5.11 Å². The highest BCUT2D eigenvalue weighted by molar-refractivity contribution is 7.89. The minimum Gasteiger partial charge on any atom is -0.395 e. The molecule has 0 radical (unpaired) electrons. The molecule has 0 fully saturated rings. The first-order valence-corrected chi connectivity index (χ1v) is 7.11. The lowest BCUT2D eigenvalue weighted by molar-refractivity contribution is 0.251. The van der Waals surface area contributed by atoms with Gasteiger partial charge in [-0.05, 0) is 25.5 Å². The molecular formula is C13H17NO3S. The van der Waals surface area contributed by atoms with Gasteiger partial charge >= 0.3 is 0 Å². The Labute approximate surface area is 108 Å². The van der Waals surface area contributed by atoms with Crippen LogP contribution in [-0.4, -0.2) is 26.2 Å². The van der Waals surface area contributed by atoms with Crippen molar-refractivity contribution < 1.29 is 13.5 Å². The molecule has 18 heavy (non-hydrogen) atoms. The molecule has 5 heteroatoms. The fourth-order valence-electron chi connectivity index (χ4n) is 1.45. The summed E-state index contributed by atoms with van der Waals surface area (Å²) in [5, 5.41) is 9.11. The Morgan fingerprint density at radius 2 is 2.00 bits per heavy atom. The molecular weight excluding hydrogens is 250 g/mol. The largest absolute Gasteiger partial charge is 0.395 e. The lowest BCUT2D eigenvalue weighted by Gasteiger charge is -2.15. The number of benzene rings is 1. The molecule has 0 aliphatic rings. The topological polar surface area (TPSA) is 66.4 Å². The van der Waals surface area contributed by atoms with Crippen molar-refractivity contribution in [2.75, 3.05) is 6.61 Å². The minimum absolute atomic E-state index is 0.187. The standard InChI is InChI=1S/C13H17NO3S/c1-3-4-5-12(10-15)14-18(16,17)13-8-6-11(2)7-9-13/h1,6-9,12,14-15H,4-5,10H2,2H3/t12-/m0/s1. The third-order valence-corrected chi connectivity index (χ3v) is 4.05. The van der Waals surface area contributed by atoms with Crippen LogP contribution in [0.25, 0.3) is 0 Å². The van der Waals surface area contributed by atoms with Gasteiger partial charge in [-0.15, -0.1) is 12.3 Å². The van der Waals surface area contributed by atoms with Crippen LogP contribution in [0.15, 0.2) is 29.2 Å². The quantitative estimate of drug-likeness (QED) is 0.757. The van der Waals surface area contributed by atoms with E-state index >= 15 is 0 Å². The van der Waals surface area contributed by atoms with Gasteiger partial charge in [0.1, 0.15) is 0 Å². The van der Waals surface area contributed by atoms with E-state index in [0.717, 1.165) is 5.56 Å². The van der Waals surface area contributed by atoms with E-state index in [2.05, 4.69) is 10.6 Å². The van der Waals surface area contributed by atoms with Gasteiger partial charge in [0.05, 0.1) is 11.5 Å². The number of hydrogen-bond donors (Lipinski definition) is 2. The predicted octanol–water partition coefficient (Wildman–Crippen LogP) is 1.05. The lowest BCUT2D eigenvalue weighted by atomic mass is 10.2. The second kappa shape index (κ2) is 6.55. The molecule has 1 aromatic carbocycles. The van der Waals surface area contributed by atoms with E-state index in [1.165, 1.54) is 12.1 Å². The number of hydrogen-bond acceptors (Lipinski definition) is 3. The number of aryl methyl sites for hydroxylation is 1. The Morgan fingerprint density at radius 3 is 2.50 bits per heavy atom. The zero-order valence-electron chi connectivity index (χ0n) is 10.3. The summed E-state index contributed by atoms with van der Waals surface area (Å²) in [7, 11) is -3.60. The van der Waals surface area contributed by atoms with Crippen molar-refractivity contribution in [1.82, 2.24) is 4.72 Å². The molecule has 0 aliphatic carbocycles. The van der Waals surface area contributed by atoms with Crippen molar-refractivity contribution in [1.29, 1.82) is 0 Å². The van der Waals surface area contributed by atoms with E-state index in [4.69, 9.17) is 11.5 Å². The molecule has 98 valence electrons. The fraction of sp³-hybridized carbons (Fsp3) is 0.385. The number of aliphatic hydroxyl groups excluding tert-OH is 1. The molecule has 0 saturated carbocycles. The lowest BCUT2D eigenvalue weighted by Crippen LogP contribution is -2.37. The summed E-state index contributed by atoms with van der Waals surface area (Å²) in [4.78, 5) is 0.187. The average molecular weight is 267 g/mol. The highest BCUT2D eigenvalue weighted by atomic mass is 32.2. The zero-order valence-corrected chi connectivity index (χ0v) is 11.1. The second-order valence-corrected chi connectivity index (χ2v) is 5.77. The minimum atomic E-state index is -3.60. The van der Waals surface area contributed by atoms with Gasteiger partial charge in [0.2, 0.25) is 10.0 Å². The third kappa shape index (κ3) is 4.15. The summed E-state index contributed by atoms with van der Waals surface area (Å²) >= 11 is 0. The Bertz CT molecular complexity index is 514. The van der Waals surface area contributed by atoms with E-state index < -0.39 is 16.1 Å². The molecule has 0 heterocycles. The smallest absolute Gasteiger partial charge is 0.240 e. The van der Waals surface area contributed by atoms with Crippen LogP contribution in [0.4, 0.5) is 0 Å². The Balaban J connectivity index is 2.81. The molecule has 4 nitrogen and oxygen atoms in total. The van der Waals surface area contributed by atoms with Gasteiger partial charge in [-0.25, -0.2) is 13.1 Å². The molecule has 1 aromatic rings.